The Hall–Kier alpha value is -2.41. The summed E-state index contributed by atoms with van der Waals surface area (Å²) in [5, 5.41) is 8.77. The normalized spacial score (nSPS) is 10.3. The predicted molar refractivity (Wildman–Crippen MR) is 89.4 cm³/mol. The number of nitrogens with zero attached hydrogens (tertiary/aromatic N) is 1. The number of aryl methyl sites for hydroxylation is 1. The third-order valence-electron chi connectivity index (χ3n) is 3.17. The summed E-state index contributed by atoms with van der Waals surface area (Å²) >= 11 is 3.28. The molecule has 1 amide bonds. The van der Waals surface area contributed by atoms with E-state index in [4.69, 9.17) is 9.84 Å². The molecule has 2 rings (SSSR count). The zero-order valence-electron chi connectivity index (χ0n) is 12.8. The van der Waals surface area contributed by atoms with Gasteiger partial charge in [0.05, 0.1) is 12.1 Å². The first-order valence-electron chi connectivity index (χ1n) is 7.04. The van der Waals surface area contributed by atoms with Crippen molar-refractivity contribution in [1.29, 1.82) is 0 Å². The van der Waals surface area contributed by atoms with E-state index in [1.54, 1.807) is 37.3 Å². The van der Waals surface area contributed by atoms with Gasteiger partial charge in [0.25, 0.3) is 5.91 Å². The number of aliphatic carboxylic acids is 1. The molecule has 2 aromatic rings. The van der Waals surface area contributed by atoms with Gasteiger partial charge in [-0.3, -0.25) is 4.79 Å². The van der Waals surface area contributed by atoms with Crippen LogP contribution in [-0.2, 0) is 11.3 Å². The van der Waals surface area contributed by atoms with E-state index in [0.29, 0.717) is 5.56 Å². The van der Waals surface area contributed by atoms with E-state index in [-0.39, 0.29) is 23.0 Å². The maximum atomic E-state index is 14.2. The quantitative estimate of drug-likeness (QED) is 0.756. The minimum atomic E-state index is -1.18. The SMILES string of the molecule is Cc1ccc(C(=O)N(F)Cc2ccc(Br)cc2)c(OCC(=O)O)c1. The first-order chi connectivity index (χ1) is 11.4. The average molecular weight is 396 g/mol. The molecule has 0 unspecified atom stereocenters. The molecule has 126 valence electrons. The summed E-state index contributed by atoms with van der Waals surface area (Å²) < 4.78 is 20.2. The number of rotatable bonds is 6. The Morgan fingerprint density at radius 3 is 2.50 bits per heavy atom. The third kappa shape index (κ3) is 4.79. The van der Waals surface area contributed by atoms with Crippen molar-refractivity contribution < 1.29 is 23.9 Å². The van der Waals surface area contributed by atoms with Gasteiger partial charge in [-0.1, -0.05) is 38.6 Å². The van der Waals surface area contributed by atoms with Crippen LogP contribution in [0.2, 0.25) is 0 Å². The van der Waals surface area contributed by atoms with E-state index in [9.17, 15) is 14.1 Å². The van der Waals surface area contributed by atoms with Crippen LogP contribution in [0.25, 0.3) is 0 Å². The number of halogens is 2. The van der Waals surface area contributed by atoms with Crippen molar-refractivity contribution in [2.24, 2.45) is 0 Å². The van der Waals surface area contributed by atoms with Crippen molar-refractivity contribution in [3.05, 3.63) is 63.6 Å². The molecule has 0 spiro atoms. The number of hydrogen-bond acceptors (Lipinski definition) is 3. The van der Waals surface area contributed by atoms with Crippen molar-refractivity contribution in [3.8, 4) is 5.75 Å². The number of carbonyl (C=O) groups excluding carboxylic acids is 1. The molecule has 0 aliphatic heterocycles. The summed E-state index contributed by atoms with van der Waals surface area (Å²) in [5.74, 6) is -2.03. The summed E-state index contributed by atoms with van der Waals surface area (Å²) in [6.45, 7) is 0.929. The molecule has 0 saturated heterocycles. The third-order valence-corrected chi connectivity index (χ3v) is 3.70. The van der Waals surface area contributed by atoms with E-state index < -0.39 is 18.5 Å². The highest BCUT2D eigenvalue weighted by Crippen LogP contribution is 2.23. The van der Waals surface area contributed by atoms with Crippen molar-refractivity contribution in [3.63, 3.8) is 0 Å². The van der Waals surface area contributed by atoms with Gasteiger partial charge in [-0.15, -0.1) is 0 Å². The van der Waals surface area contributed by atoms with Crippen molar-refractivity contribution in [2.45, 2.75) is 13.5 Å². The predicted octanol–water partition coefficient (Wildman–Crippen LogP) is 3.75. The summed E-state index contributed by atoms with van der Waals surface area (Å²) in [7, 11) is 0. The second kappa shape index (κ2) is 7.92. The van der Waals surface area contributed by atoms with Crippen molar-refractivity contribution >= 4 is 27.8 Å². The van der Waals surface area contributed by atoms with Crippen molar-refractivity contribution in [2.75, 3.05) is 6.61 Å². The lowest BCUT2D eigenvalue weighted by Crippen LogP contribution is -2.23. The van der Waals surface area contributed by atoms with E-state index in [1.807, 2.05) is 0 Å². The molecule has 0 aliphatic rings. The van der Waals surface area contributed by atoms with Crippen molar-refractivity contribution in [1.82, 2.24) is 5.12 Å². The highest BCUT2D eigenvalue weighted by Gasteiger charge is 2.21. The fourth-order valence-electron chi connectivity index (χ4n) is 2.02. The van der Waals surface area contributed by atoms with Gasteiger partial charge in [0.2, 0.25) is 0 Å². The molecular formula is C17H15BrFNO4. The van der Waals surface area contributed by atoms with Gasteiger partial charge in [-0.25, -0.2) is 4.79 Å². The summed E-state index contributed by atoms with van der Waals surface area (Å²) in [4.78, 5) is 22.9. The molecule has 0 bridgehead atoms. The average Bonchev–Trinajstić information content (AvgIpc) is 2.54. The lowest BCUT2D eigenvalue weighted by Gasteiger charge is -2.15. The Balaban J connectivity index is 2.18. The minimum absolute atomic E-state index is 0.0264. The Morgan fingerprint density at radius 1 is 1.21 bits per heavy atom. The fourth-order valence-corrected chi connectivity index (χ4v) is 2.28. The lowest BCUT2D eigenvalue weighted by atomic mass is 10.1. The smallest absolute Gasteiger partial charge is 0.341 e. The zero-order valence-corrected chi connectivity index (χ0v) is 14.4. The van der Waals surface area contributed by atoms with Gasteiger partial charge in [0.1, 0.15) is 5.75 Å². The Morgan fingerprint density at radius 2 is 1.88 bits per heavy atom. The number of amides is 1. The Labute approximate surface area is 146 Å². The maximum Gasteiger partial charge on any atom is 0.341 e. The summed E-state index contributed by atoms with van der Waals surface area (Å²) in [6.07, 6.45) is 0. The molecule has 1 N–H and O–H groups in total. The van der Waals surface area contributed by atoms with Gasteiger partial charge < -0.3 is 9.84 Å². The van der Waals surface area contributed by atoms with Gasteiger partial charge in [0, 0.05) is 4.47 Å². The molecule has 5 nitrogen and oxygen atoms in total. The molecule has 0 aromatic heterocycles. The van der Waals surface area contributed by atoms with Gasteiger partial charge in [-0.2, -0.15) is 5.12 Å². The fraction of sp³-hybridized carbons (Fsp3) is 0.176. The number of carboxylic acids is 1. The highest BCUT2D eigenvalue weighted by molar-refractivity contribution is 9.10. The Bertz CT molecular complexity index is 749. The van der Waals surface area contributed by atoms with Gasteiger partial charge >= 0.3 is 5.97 Å². The highest BCUT2D eigenvalue weighted by atomic mass is 79.9. The molecule has 0 saturated carbocycles. The monoisotopic (exact) mass is 395 g/mol. The van der Waals surface area contributed by atoms with Crippen LogP contribution >= 0.6 is 15.9 Å². The summed E-state index contributed by atoms with van der Waals surface area (Å²) in [6, 6.07) is 11.4. The van der Waals surface area contributed by atoms with Crippen LogP contribution < -0.4 is 4.74 Å². The molecule has 2 aromatic carbocycles. The first-order valence-corrected chi connectivity index (χ1v) is 7.83. The molecule has 0 atom stereocenters. The van der Waals surface area contributed by atoms with Crippen LogP contribution in [0.5, 0.6) is 5.75 Å². The Kier molecular flexibility index (Phi) is 5.92. The number of ether oxygens (including phenoxy) is 1. The number of hydrogen-bond donors (Lipinski definition) is 1. The van der Waals surface area contributed by atoms with Crippen LogP contribution in [0.3, 0.4) is 0 Å². The molecule has 0 aliphatic carbocycles. The van der Waals surface area contributed by atoms with Crippen LogP contribution in [0.15, 0.2) is 46.9 Å². The first kappa shape index (κ1) is 17.9. The second-order valence-corrected chi connectivity index (χ2v) is 6.05. The largest absolute Gasteiger partial charge is 0.481 e. The van der Waals surface area contributed by atoms with E-state index >= 15 is 0 Å². The minimum Gasteiger partial charge on any atom is -0.481 e. The molecule has 0 radical (unpaired) electrons. The molecule has 24 heavy (non-hydrogen) atoms. The number of carboxylic acid groups (broad SMARTS) is 1. The maximum absolute atomic E-state index is 14.2. The number of carbonyl (C=O) groups is 2. The topological polar surface area (TPSA) is 66.8 Å². The van der Waals surface area contributed by atoms with E-state index in [0.717, 1.165) is 10.0 Å². The van der Waals surface area contributed by atoms with E-state index in [1.165, 1.54) is 12.1 Å². The van der Waals surface area contributed by atoms with Crippen LogP contribution in [0.4, 0.5) is 4.48 Å². The molecule has 0 fully saturated rings. The summed E-state index contributed by atoms with van der Waals surface area (Å²) in [5.41, 5.74) is 1.36. The van der Waals surface area contributed by atoms with Crippen LogP contribution in [-0.4, -0.2) is 28.7 Å². The van der Waals surface area contributed by atoms with Gasteiger partial charge in [0.15, 0.2) is 6.61 Å². The van der Waals surface area contributed by atoms with Crippen LogP contribution in [0.1, 0.15) is 21.5 Å². The lowest BCUT2D eigenvalue weighted by molar-refractivity contribution is -0.139. The zero-order chi connectivity index (χ0) is 17.7. The second-order valence-electron chi connectivity index (χ2n) is 5.13. The standard InChI is InChI=1S/C17H15BrFNO4/c1-11-2-7-14(15(8-11)24-10-16(21)22)17(23)20(19)9-12-3-5-13(18)6-4-12/h2-8H,9-10H2,1H3,(H,21,22). The molecule has 7 heteroatoms. The number of benzene rings is 2. The van der Waals surface area contributed by atoms with Gasteiger partial charge in [-0.05, 0) is 42.3 Å². The molecule has 0 heterocycles. The van der Waals surface area contributed by atoms with E-state index in [2.05, 4.69) is 15.9 Å². The van der Waals surface area contributed by atoms with Crippen LogP contribution in [0, 0.1) is 6.92 Å². The molecular weight excluding hydrogens is 381 g/mol.